The van der Waals surface area contributed by atoms with E-state index in [1.807, 2.05) is 6.07 Å². The average molecular weight is 852 g/mol. The molecule has 8 heterocycles. The van der Waals surface area contributed by atoms with Crippen molar-refractivity contribution in [3.63, 3.8) is 0 Å². The van der Waals surface area contributed by atoms with Crippen molar-refractivity contribution in [2.45, 2.75) is 88.4 Å². The number of carbonyl (C=O) groups excluding carboxylic acids is 5. The zero-order valence-electron chi connectivity index (χ0n) is 34.0. The summed E-state index contributed by atoms with van der Waals surface area (Å²) in [6.45, 7) is 5.12. The Balaban J connectivity index is 0.650. The van der Waals surface area contributed by atoms with Gasteiger partial charge in [-0.15, -0.1) is 0 Å². The predicted molar refractivity (Wildman–Crippen MR) is 218 cm³/mol. The lowest BCUT2D eigenvalue weighted by molar-refractivity contribution is -0.136. The third-order valence-electron chi connectivity index (χ3n) is 14.3. The number of halogens is 2. The second-order valence-corrected chi connectivity index (χ2v) is 18.4. The third kappa shape index (κ3) is 6.70. The molecule has 2 bridgehead atoms. The molecule has 1 spiro atoms. The van der Waals surface area contributed by atoms with Crippen LogP contribution in [-0.4, -0.2) is 121 Å². The van der Waals surface area contributed by atoms with E-state index in [1.54, 1.807) is 29.1 Å². The van der Waals surface area contributed by atoms with Crippen LogP contribution in [0.2, 0.25) is 0 Å². The normalized spacial score (nSPS) is 27.0. The van der Waals surface area contributed by atoms with Crippen molar-refractivity contribution in [3.05, 3.63) is 65.2 Å². The zero-order valence-corrected chi connectivity index (χ0v) is 34.0. The molecule has 62 heavy (non-hydrogen) atoms. The Morgan fingerprint density at radius 2 is 1.81 bits per heavy atom. The first-order valence-electron chi connectivity index (χ1n) is 21.7. The van der Waals surface area contributed by atoms with E-state index in [9.17, 15) is 32.8 Å². The van der Waals surface area contributed by atoms with Crippen LogP contribution < -0.4 is 20.9 Å². The highest BCUT2D eigenvalue weighted by atomic mass is 19.3. The molecule has 17 nitrogen and oxygen atoms in total. The predicted octanol–water partition coefficient (Wildman–Crippen LogP) is 4.05. The fraction of sp³-hybridized carbons (Fsp3) is 0.535. The molecule has 4 aromatic rings. The van der Waals surface area contributed by atoms with Gasteiger partial charge in [0.2, 0.25) is 11.8 Å². The van der Waals surface area contributed by atoms with E-state index in [2.05, 4.69) is 35.9 Å². The van der Waals surface area contributed by atoms with Crippen molar-refractivity contribution in [3.8, 4) is 0 Å². The Labute approximate surface area is 354 Å². The molecule has 3 N–H and O–H groups in total. The van der Waals surface area contributed by atoms with E-state index in [-0.39, 0.29) is 53.4 Å². The first kappa shape index (κ1) is 39.1. The number of fused-ring (bicyclic) bond motifs is 4. The van der Waals surface area contributed by atoms with Crippen molar-refractivity contribution in [1.82, 2.24) is 39.5 Å². The number of likely N-dealkylation sites (tertiary alicyclic amines) is 1. The van der Waals surface area contributed by atoms with Crippen LogP contribution in [0.1, 0.15) is 107 Å². The third-order valence-corrected chi connectivity index (χ3v) is 14.3. The molecule has 5 aliphatic heterocycles. The SMILES string of the molecule is O=C1CCC(N2C(=O)c3cccc(NCC4CC5(C4)CN(C[C@H]4CC[C@H](n6cc(NC(=O)c7cnn8ccc(N9C[C@H]%10C[C@@H]9CO%10)nc78)c(C(F)F)n6)CC4)C5)c3C2=O)C(=O)N1. The minimum Gasteiger partial charge on any atom is -0.384 e. The van der Waals surface area contributed by atoms with Crippen LogP contribution in [0, 0.1) is 17.3 Å². The number of nitrogens with zero attached hydrogens (tertiary/aromatic N) is 8. The molecule has 7 aliphatic rings. The van der Waals surface area contributed by atoms with Crippen LogP contribution in [0.25, 0.3) is 5.65 Å². The number of piperidine rings is 1. The van der Waals surface area contributed by atoms with Gasteiger partial charge in [0.1, 0.15) is 17.4 Å². The zero-order chi connectivity index (χ0) is 42.4. The van der Waals surface area contributed by atoms with E-state index in [4.69, 9.17) is 9.72 Å². The number of nitrogens with one attached hydrogen (secondary N) is 3. The van der Waals surface area contributed by atoms with Gasteiger partial charge in [-0.1, -0.05) is 6.07 Å². The molecule has 2 saturated carbocycles. The lowest BCUT2D eigenvalue weighted by Gasteiger charge is -2.60. The van der Waals surface area contributed by atoms with E-state index < -0.39 is 47.7 Å². The molecule has 2 aliphatic carbocycles. The van der Waals surface area contributed by atoms with Crippen LogP contribution in [-0.2, 0) is 14.3 Å². The van der Waals surface area contributed by atoms with Gasteiger partial charge in [0.05, 0.1) is 47.8 Å². The van der Waals surface area contributed by atoms with Crippen molar-refractivity contribution < 1.29 is 37.5 Å². The fourth-order valence-electron chi connectivity index (χ4n) is 11.4. The summed E-state index contributed by atoms with van der Waals surface area (Å²) in [7, 11) is 0. The van der Waals surface area contributed by atoms with Gasteiger partial charge < -0.3 is 25.2 Å². The second kappa shape index (κ2) is 14.9. The summed E-state index contributed by atoms with van der Waals surface area (Å²) in [5, 5.41) is 16.9. The number of rotatable bonds is 11. The van der Waals surface area contributed by atoms with Gasteiger partial charge >= 0.3 is 0 Å². The lowest BCUT2D eigenvalue weighted by atomic mass is 9.57. The van der Waals surface area contributed by atoms with Gasteiger partial charge in [0.25, 0.3) is 24.1 Å². The Morgan fingerprint density at radius 1 is 0.984 bits per heavy atom. The van der Waals surface area contributed by atoms with E-state index in [1.165, 1.54) is 16.9 Å². The Bertz CT molecular complexity index is 2500. The molecule has 1 unspecified atom stereocenters. The number of ether oxygens (including phenoxy) is 1. The van der Waals surface area contributed by atoms with Gasteiger partial charge in [-0.2, -0.15) is 10.2 Å². The molecule has 5 amide bonds. The minimum atomic E-state index is -2.86. The highest BCUT2D eigenvalue weighted by molar-refractivity contribution is 6.25. The average Bonchev–Trinajstić information content (AvgIpc) is 4.08. The molecule has 6 fully saturated rings. The van der Waals surface area contributed by atoms with Crippen LogP contribution in [0.3, 0.4) is 0 Å². The molecular formula is C43H47F2N11O6. The van der Waals surface area contributed by atoms with Crippen molar-refractivity contribution in [2.75, 3.05) is 54.9 Å². The maximum Gasteiger partial charge on any atom is 0.284 e. The molecule has 3 atom stereocenters. The molecule has 4 saturated heterocycles. The molecule has 11 rings (SSSR count). The number of hydrogen-bond acceptors (Lipinski definition) is 12. The van der Waals surface area contributed by atoms with Crippen molar-refractivity contribution >= 4 is 52.4 Å². The maximum absolute atomic E-state index is 14.3. The van der Waals surface area contributed by atoms with E-state index in [0.717, 1.165) is 81.8 Å². The Hall–Kier alpha value is -5.82. The number of alkyl halides is 2. The number of amides is 5. The Morgan fingerprint density at radius 3 is 2.55 bits per heavy atom. The van der Waals surface area contributed by atoms with Crippen LogP contribution in [0.4, 0.5) is 26.0 Å². The number of carbonyl (C=O) groups is 5. The van der Waals surface area contributed by atoms with Gasteiger partial charge in [-0.25, -0.2) is 18.3 Å². The Kier molecular flexibility index (Phi) is 9.40. The molecule has 19 heteroatoms. The first-order chi connectivity index (χ1) is 30.0. The molecular weight excluding hydrogens is 805 g/mol. The number of hydrogen-bond donors (Lipinski definition) is 3. The van der Waals surface area contributed by atoms with Crippen LogP contribution in [0.5, 0.6) is 0 Å². The van der Waals surface area contributed by atoms with Gasteiger partial charge in [-0.3, -0.25) is 38.9 Å². The van der Waals surface area contributed by atoms with Gasteiger partial charge in [-0.05, 0) is 86.8 Å². The molecule has 0 radical (unpaired) electrons. The second-order valence-electron chi connectivity index (χ2n) is 18.4. The quantitative estimate of drug-likeness (QED) is 0.184. The molecule has 3 aromatic heterocycles. The van der Waals surface area contributed by atoms with Crippen molar-refractivity contribution in [2.24, 2.45) is 17.3 Å². The highest BCUT2D eigenvalue weighted by Gasteiger charge is 2.52. The summed E-state index contributed by atoms with van der Waals surface area (Å²) < 4.78 is 37.4. The van der Waals surface area contributed by atoms with E-state index >= 15 is 0 Å². The molecule has 1 aromatic carbocycles. The number of aromatic nitrogens is 5. The smallest absolute Gasteiger partial charge is 0.284 e. The number of anilines is 3. The van der Waals surface area contributed by atoms with E-state index in [0.29, 0.717) is 41.7 Å². The van der Waals surface area contributed by atoms with Crippen LogP contribution >= 0.6 is 0 Å². The minimum absolute atomic E-state index is 0.01000. The van der Waals surface area contributed by atoms with Crippen molar-refractivity contribution in [1.29, 1.82) is 0 Å². The number of morpholine rings is 1. The molecule has 324 valence electrons. The summed E-state index contributed by atoms with van der Waals surface area (Å²) in [5.74, 6) is -0.976. The number of benzene rings is 1. The summed E-state index contributed by atoms with van der Waals surface area (Å²) in [6, 6.07) is 6.18. The highest BCUT2D eigenvalue weighted by Crippen LogP contribution is 2.52. The first-order valence-corrected chi connectivity index (χ1v) is 21.7. The summed E-state index contributed by atoms with van der Waals surface area (Å²) in [4.78, 5) is 74.8. The summed E-state index contributed by atoms with van der Waals surface area (Å²) in [6.07, 6.45) is 8.80. The standard InChI is InChI=1S/C43H47F2N11O6/c44-37(45)36-31(48-39(58)29-16-47-54-11-10-33(49-38(29)54)53-18-27-12-26(53)20-62-27)19-55(51-36)25-6-4-23(5-7-25)17-52-21-43(22-52)13-24(14-43)15-46-30-3-1-2-28-35(30)42(61)56(41(28)60)32-8-9-34(57)50-40(32)59/h1-3,10-11,16,19,23-27,32,37,46H,4-9,12-15,17-18,20-22H2,(H,48,58)(H,50,57,59)/t23-,25-,26-,27-,32?/m1/s1. The van der Waals surface area contributed by atoms with Gasteiger partial charge in [0, 0.05) is 57.2 Å². The fourth-order valence-corrected chi connectivity index (χ4v) is 11.4. The summed E-state index contributed by atoms with van der Waals surface area (Å²) in [5.41, 5.74) is 1.50. The topological polar surface area (TPSA) is 188 Å². The monoisotopic (exact) mass is 851 g/mol. The van der Waals surface area contributed by atoms with Crippen LogP contribution in [0.15, 0.2) is 42.9 Å². The largest absolute Gasteiger partial charge is 0.384 e. The lowest BCUT2D eigenvalue weighted by Crippen LogP contribution is -2.63. The maximum atomic E-state index is 14.3. The van der Waals surface area contributed by atoms with Gasteiger partial charge in [0.15, 0.2) is 11.3 Å². The number of imide groups is 2. The summed E-state index contributed by atoms with van der Waals surface area (Å²) >= 11 is 0.